The fraction of sp³-hybridized carbons (Fsp3) is 0.250. The van der Waals surface area contributed by atoms with Crippen LogP contribution in [0.3, 0.4) is 0 Å². The van der Waals surface area contributed by atoms with E-state index < -0.39 is 6.29 Å². The van der Waals surface area contributed by atoms with Gasteiger partial charge in [0, 0.05) is 29.6 Å². The van der Waals surface area contributed by atoms with Crippen molar-refractivity contribution in [2.24, 2.45) is 0 Å². The maximum atomic E-state index is 10.2. The molecule has 1 aliphatic rings. The molecule has 1 aliphatic carbocycles. The molecule has 3 rings (SSSR count). The Balaban J connectivity index is 1.65. The average Bonchev–Trinajstić information content (AvgIpc) is 2.78. The molecule has 2 unspecified atom stereocenters. The summed E-state index contributed by atoms with van der Waals surface area (Å²) in [5.74, 6) is 0.708. The standard InChI is InChI=1S/C24H28N2O4/c1-28-21-9-5-16(6-10-21)18-4-3-17(23(14-18)29-2)7-12-24(27)30-15-19-13-20(25)8-11-22(19)26/h3-9,11-14,21,24,27H,10,15,25-26H2,1-2H3/b12-7+. The Bertz CT molecular complexity index is 966. The number of aliphatic hydroxyl groups is 1. The Kier molecular flexibility index (Phi) is 7.30. The third-order valence-electron chi connectivity index (χ3n) is 4.95. The van der Waals surface area contributed by atoms with Crippen LogP contribution in [-0.2, 0) is 16.1 Å². The highest BCUT2D eigenvalue weighted by atomic mass is 16.6. The molecule has 6 nitrogen and oxygen atoms in total. The Morgan fingerprint density at radius 1 is 1.17 bits per heavy atom. The Morgan fingerprint density at radius 2 is 2.00 bits per heavy atom. The van der Waals surface area contributed by atoms with E-state index in [1.54, 1.807) is 44.6 Å². The average molecular weight is 408 g/mol. The molecule has 0 fully saturated rings. The summed E-state index contributed by atoms with van der Waals surface area (Å²) < 4.78 is 16.3. The number of methoxy groups -OCH3 is 2. The zero-order valence-electron chi connectivity index (χ0n) is 17.2. The van der Waals surface area contributed by atoms with Gasteiger partial charge in [0.2, 0.25) is 0 Å². The molecular formula is C24H28N2O4. The first-order valence-electron chi connectivity index (χ1n) is 9.71. The van der Waals surface area contributed by atoms with Crippen molar-refractivity contribution < 1.29 is 19.3 Å². The zero-order chi connectivity index (χ0) is 21.5. The monoisotopic (exact) mass is 408 g/mol. The van der Waals surface area contributed by atoms with Gasteiger partial charge < -0.3 is 30.8 Å². The SMILES string of the molecule is COc1cc(C2=CCC(OC)C=C2)ccc1/C=C/C(O)OCc1cc(N)ccc1N. The molecule has 2 atom stereocenters. The van der Waals surface area contributed by atoms with Gasteiger partial charge in [-0.25, -0.2) is 0 Å². The van der Waals surface area contributed by atoms with Crippen LogP contribution in [0.2, 0.25) is 0 Å². The van der Waals surface area contributed by atoms with Gasteiger partial charge in [0.15, 0.2) is 6.29 Å². The number of ether oxygens (including phenoxy) is 3. The van der Waals surface area contributed by atoms with Gasteiger partial charge in [-0.05, 0) is 47.9 Å². The van der Waals surface area contributed by atoms with Crippen molar-refractivity contribution in [1.82, 2.24) is 0 Å². The first kappa shape index (κ1) is 21.6. The molecule has 0 amide bonds. The smallest absolute Gasteiger partial charge is 0.174 e. The summed E-state index contributed by atoms with van der Waals surface area (Å²) in [4.78, 5) is 0. The van der Waals surface area contributed by atoms with E-state index in [2.05, 4.69) is 18.2 Å². The van der Waals surface area contributed by atoms with Crippen LogP contribution >= 0.6 is 0 Å². The molecule has 2 aromatic rings. The van der Waals surface area contributed by atoms with Crippen molar-refractivity contribution in [2.75, 3.05) is 25.7 Å². The van der Waals surface area contributed by atoms with Crippen LogP contribution in [-0.4, -0.2) is 31.7 Å². The highest BCUT2D eigenvalue weighted by Crippen LogP contribution is 2.29. The normalized spacial score (nSPS) is 17.2. The Labute approximate surface area is 177 Å². The summed E-state index contributed by atoms with van der Waals surface area (Å²) in [5, 5.41) is 10.2. The van der Waals surface area contributed by atoms with Gasteiger partial charge >= 0.3 is 0 Å². The highest BCUT2D eigenvalue weighted by molar-refractivity contribution is 5.77. The first-order chi connectivity index (χ1) is 14.5. The fourth-order valence-corrected chi connectivity index (χ4v) is 3.19. The summed E-state index contributed by atoms with van der Waals surface area (Å²) in [6.07, 6.45) is 9.46. The summed E-state index contributed by atoms with van der Waals surface area (Å²) >= 11 is 0. The quantitative estimate of drug-likeness (QED) is 0.454. The molecule has 5 N–H and O–H groups in total. The minimum atomic E-state index is -1.09. The lowest BCUT2D eigenvalue weighted by Gasteiger charge is -2.16. The summed E-state index contributed by atoms with van der Waals surface area (Å²) in [7, 11) is 3.33. The van der Waals surface area contributed by atoms with Crippen molar-refractivity contribution in [1.29, 1.82) is 0 Å². The second-order valence-electron chi connectivity index (χ2n) is 7.00. The lowest BCUT2D eigenvalue weighted by atomic mass is 9.97. The van der Waals surface area contributed by atoms with Crippen molar-refractivity contribution in [3.63, 3.8) is 0 Å². The van der Waals surface area contributed by atoms with E-state index in [0.29, 0.717) is 17.1 Å². The van der Waals surface area contributed by atoms with E-state index in [1.165, 1.54) is 0 Å². The highest BCUT2D eigenvalue weighted by Gasteiger charge is 2.11. The van der Waals surface area contributed by atoms with Gasteiger partial charge in [-0.15, -0.1) is 0 Å². The molecule has 0 saturated carbocycles. The van der Waals surface area contributed by atoms with Crippen LogP contribution < -0.4 is 16.2 Å². The Morgan fingerprint density at radius 3 is 2.70 bits per heavy atom. The number of nitrogen functional groups attached to an aromatic ring is 2. The van der Waals surface area contributed by atoms with Crippen molar-refractivity contribution >= 4 is 23.0 Å². The number of rotatable bonds is 8. The lowest BCUT2D eigenvalue weighted by molar-refractivity contribution is -0.0725. The van der Waals surface area contributed by atoms with E-state index in [0.717, 1.165) is 28.7 Å². The van der Waals surface area contributed by atoms with E-state index >= 15 is 0 Å². The van der Waals surface area contributed by atoms with Gasteiger partial charge in [0.1, 0.15) is 5.75 Å². The summed E-state index contributed by atoms with van der Waals surface area (Å²) in [5.41, 5.74) is 16.6. The number of hydrogen-bond donors (Lipinski definition) is 3. The van der Waals surface area contributed by atoms with E-state index in [-0.39, 0.29) is 12.7 Å². The van der Waals surface area contributed by atoms with Crippen molar-refractivity contribution in [3.05, 3.63) is 77.4 Å². The molecule has 2 aromatic carbocycles. The van der Waals surface area contributed by atoms with Crippen LogP contribution in [0.25, 0.3) is 11.6 Å². The third kappa shape index (κ3) is 5.51. The number of nitrogens with two attached hydrogens (primary N) is 2. The molecule has 158 valence electrons. The number of hydrogen-bond acceptors (Lipinski definition) is 6. The molecule has 0 spiro atoms. The van der Waals surface area contributed by atoms with Gasteiger partial charge in [-0.1, -0.05) is 36.4 Å². The van der Waals surface area contributed by atoms with Crippen molar-refractivity contribution in [3.8, 4) is 5.75 Å². The lowest BCUT2D eigenvalue weighted by Crippen LogP contribution is -2.09. The van der Waals surface area contributed by atoms with Gasteiger partial charge in [0.25, 0.3) is 0 Å². The molecule has 0 saturated heterocycles. The molecule has 0 heterocycles. The van der Waals surface area contributed by atoms with Crippen LogP contribution in [0.4, 0.5) is 11.4 Å². The molecule has 0 aromatic heterocycles. The molecule has 30 heavy (non-hydrogen) atoms. The number of allylic oxidation sites excluding steroid dienone is 2. The van der Waals surface area contributed by atoms with E-state index in [4.69, 9.17) is 25.7 Å². The second-order valence-corrected chi connectivity index (χ2v) is 7.00. The van der Waals surface area contributed by atoms with Crippen LogP contribution in [0.1, 0.15) is 23.1 Å². The minimum absolute atomic E-state index is 0.127. The topological polar surface area (TPSA) is 100.0 Å². The van der Waals surface area contributed by atoms with Gasteiger partial charge in [-0.2, -0.15) is 0 Å². The summed E-state index contributed by atoms with van der Waals surface area (Å²) in [6, 6.07) is 11.1. The van der Waals surface area contributed by atoms with E-state index in [1.807, 2.05) is 18.2 Å². The van der Waals surface area contributed by atoms with Crippen molar-refractivity contribution in [2.45, 2.75) is 25.4 Å². The number of aliphatic hydroxyl groups excluding tert-OH is 1. The minimum Gasteiger partial charge on any atom is -0.496 e. The van der Waals surface area contributed by atoms with Gasteiger partial charge in [0.05, 0.1) is 19.8 Å². The van der Waals surface area contributed by atoms with E-state index in [9.17, 15) is 5.11 Å². The molecule has 0 radical (unpaired) electrons. The molecule has 6 heteroatoms. The predicted molar refractivity (Wildman–Crippen MR) is 121 cm³/mol. The number of benzene rings is 2. The molecular weight excluding hydrogens is 380 g/mol. The third-order valence-corrected chi connectivity index (χ3v) is 4.95. The predicted octanol–water partition coefficient (Wildman–Crippen LogP) is 3.77. The van der Waals surface area contributed by atoms with Crippen LogP contribution in [0.15, 0.2) is 60.7 Å². The van der Waals surface area contributed by atoms with Gasteiger partial charge in [-0.3, -0.25) is 0 Å². The maximum absolute atomic E-state index is 10.2. The molecule has 0 aliphatic heterocycles. The second kappa shape index (κ2) is 10.1. The first-order valence-corrected chi connectivity index (χ1v) is 9.71. The zero-order valence-corrected chi connectivity index (χ0v) is 17.2. The maximum Gasteiger partial charge on any atom is 0.174 e. The number of anilines is 2. The summed E-state index contributed by atoms with van der Waals surface area (Å²) in [6.45, 7) is 0.154. The fourth-order valence-electron chi connectivity index (χ4n) is 3.19. The molecule has 0 bridgehead atoms. The Hall–Kier alpha value is -3.06. The largest absolute Gasteiger partial charge is 0.496 e. The van der Waals surface area contributed by atoms with Crippen LogP contribution in [0, 0.1) is 0 Å². The van der Waals surface area contributed by atoms with Crippen LogP contribution in [0.5, 0.6) is 5.75 Å².